The molecule has 1 aromatic rings. The van der Waals surface area contributed by atoms with E-state index in [9.17, 15) is 14.4 Å². The fraction of sp³-hybridized carbons (Fsp3) is 0.609. The molecule has 3 amide bonds. The Labute approximate surface area is 179 Å². The number of rotatable bonds is 5. The third-order valence-corrected chi connectivity index (χ3v) is 6.08. The van der Waals surface area contributed by atoms with Crippen LogP contribution in [0.1, 0.15) is 24.8 Å². The molecule has 2 aliphatic rings. The van der Waals surface area contributed by atoms with Crippen LogP contribution in [0.4, 0.5) is 0 Å². The fourth-order valence-corrected chi connectivity index (χ4v) is 4.23. The standard InChI is InChI=1S/C23H34N4O3/c1-24(2)22(29)18-25-11-7-13-26(15-14-25)23(30)20-10-6-12-27(17-20)21(28)16-19-8-4-3-5-9-19/h3-5,8-9,20H,6-7,10-18H2,1-2H3. The highest BCUT2D eigenvalue weighted by Crippen LogP contribution is 2.21. The van der Waals surface area contributed by atoms with E-state index in [1.807, 2.05) is 40.1 Å². The van der Waals surface area contributed by atoms with Gasteiger partial charge in [0.15, 0.2) is 0 Å². The molecule has 0 radical (unpaired) electrons. The van der Waals surface area contributed by atoms with Crippen molar-refractivity contribution in [2.45, 2.75) is 25.7 Å². The number of hydrogen-bond acceptors (Lipinski definition) is 4. The number of benzene rings is 1. The predicted molar refractivity (Wildman–Crippen MR) is 116 cm³/mol. The summed E-state index contributed by atoms with van der Waals surface area (Å²) >= 11 is 0. The van der Waals surface area contributed by atoms with E-state index in [2.05, 4.69) is 4.90 Å². The molecule has 7 nitrogen and oxygen atoms in total. The molecule has 2 aliphatic heterocycles. The van der Waals surface area contributed by atoms with Crippen LogP contribution in [-0.4, -0.2) is 97.2 Å². The van der Waals surface area contributed by atoms with Gasteiger partial charge < -0.3 is 14.7 Å². The third-order valence-electron chi connectivity index (χ3n) is 6.08. The van der Waals surface area contributed by atoms with Crippen LogP contribution >= 0.6 is 0 Å². The second-order valence-corrected chi connectivity index (χ2v) is 8.58. The van der Waals surface area contributed by atoms with Crippen LogP contribution in [0.15, 0.2) is 30.3 Å². The number of piperidine rings is 1. The second-order valence-electron chi connectivity index (χ2n) is 8.58. The lowest BCUT2D eigenvalue weighted by Crippen LogP contribution is -2.48. The lowest BCUT2D eigenvalue weighted by molar-refractivity contribution is -0.140. The van der Waals surface area contributed by atoms with E-state index in [0.717, 1.165) is 44.5 Å². The molecule has 0 bridgehead atoms. The molecule has 1 atom stereocenters. The van der Waals surface area contributed by atoms with Crippen LogP contribution in [0.25, 0.3) is 0 Å². The minimum absolute atomic E-state index is 0.0922. The smallest absolute Gasteiger partial charge is 0.236 e. The van der Waals surface area contributed by atoms with Crippen LogP contribution < -0.4 is 0 Å². The molecule has 3 rings (SSSR count). The van der Waals surface area contributed by atoms with Gasteiger partial charge in [-0.1, -0.05) is 30.3 Å². The molecule has 30 heavy (non-hydrogen) atoms. The molecular weight excluding hydrogens is 380 g/mol. The highest BCUT2D eigenvalue weighted by molar-refractivity contribution is 5.82. The number of carbonyl (C=O) groups excluding carboxylic acids is 3. The van der Waals surface area contributed by atoms with E-state index >= 15 is 0 Å². The number of hydrogen-bond donors (Lipinski definition) is 0. The first kappa shape index (κ1) is 22.3. The monoisotopic (exact) mass is 414 g/mol. The zero-order valence-electron chi connectivity index (χ0n) is 18.3. The first-order valence-electron chi connectivity index (χ1n) is 11.0. The van der Waals surface area contributed by atoms with Crippen LogP contribution in [0, 0.1) is 5.92 Å². The van der Waals surface area contributed by atoms with Crippen LogP contribution in [0.5, 0.6) is 0 Å². The molecule has 0 spiro atoms. The molecule has 0 N–H and O–H groups in total. The van der Waals surface area contributed by atoms with Gasteiger partial charge in [-0.2, -0.15) is 0 Å². The molecule has 2 heterocycles. The summed E-state index contributed by atoms with van der Waals surface area (Å²) in [6, 6.07) is 9.77. The maximum atomic E-state index is 13.2. The first-order valence-corrected chi connectivity index (χ1v) is 11.0. The van der Waals surface area contributed by atoms with Crippen molar-refractivity contribution >= 4 is 17.7 Å². The zero-order valence-corrected chi connectivity index (χ0v) is 18.3. The van der Waals surface area contributed by atoms with Crippen molar-refractivity contribution in [3.63, 3.8) is 0 Å². The molecular formula is C23H34N4O3. The number of likely N-dealkylation sites (N-methyl/N-ethyl adjacent to an activating group) is 1. The Morgan fingerprint density at radius 1 is 0.933 bits per heavy atom. The summed E-state index contributed by atoms with van der Waals surface area (Å²) in [7, 11) is 3.54. The van der Waals surface area contributed by atoms with Crippen LogP contribution in [0.2, 0.25) is 0 Å². The van der Waals surface area contributed by atoms with Crippen molar-refractivity contribution in [1.29, 1.82) is 0 Å². The molecule has 2 fully saturated rings. The Morgan fingerprint density at radius 3 is 2.40 bits per heavy atom. The molecule has 0 aromatic heterocycles. The van der Waals surface area contributed by atoms with Gasteiger partial charge in [-0.05, 0) is 24.8 Å². The number of carbonyl (C=O) groups is 3. The Balaban J connectivity index is 1.52. The molecule has 0 saturated carbocycles. The lowest BCUT2D eigenvalue weighted by Gasteiger charge is -2.35. The highest BCUT2D eigenvalue weighted by atomic mass is 16.2. The summed E-state index contributed by atoms with van der Waals surface area (Å²) in [4.78, 5) is 45.4. The van der Waals surface area contributed by atoms with E-state index in [0.29, 0.717) is 32.6 Å². The molecule has 2 saturated heterocycles. The summed E-state index contributed by atoms with van der Waals surface area (Å²) in [6.45, 7) is 4.57. The molecule has 1 unspecified atom stereocenters. The van der Waals surface area contributed by atoms with Gasteiger partial charge in [-0.25, -0.2) is 0 Å². The quantitative estimate of drug-likeness (QED) is 0.724. The predicted octanol–water partition coefficient (Wildman–Crippen LogP) is 1.09. The van der Waals surface area contributed by atoms with Crippen molar-refractivity contribution in [1.82, 2.24) is 19.6 Å². The van der Waals surface area contributed by atoms with Gasteiger partial charge in [0.1, 0.15) is 0 Å². The Bertz CT molecular complexity index is 737. The molecule has 164 valence electrons. The summed E-state index contributed by atoms with van der Waals surface area (Å²) in [5.74, 6) is 0.235. The van der Waals surface area contributed by atoms with E-state index in [-0.39, 0.29) is 23.6 Å². The second kappa shape index (κ2) is 10.6. The summed E-state index contributed by atoms with van der Waals surface area (Å²) in [5, 5.41) is 0. The van der Waals surface area contributed by atoms with Crippen molar-refractivity contribution in [2.24, 2.45) is 5.92 Å². The average molecular weight is 415 g/mol. The van der Waals surface area contributed by atoms with Crippen LogP contribution in [-0.2, 0) is 20.8 Å². The maximum Gasteiger partial charge on any atom is 0.236 e. The Morgan fingerprint density at radius 2 is 1.67 bits per heavy atom. The van der Waals surface area contributed by atoms with E-state index in [1.54, 1.807) is 19.0 Å². The van der Waals surface area contributed by atoms with Crippen molar-refractivity contribution in [3.8, 4) is 0 Å². The van der Waals surface area contributed by atoms with Crippen molar-refractivity contribution in [2.75, 3.05) is 59.9 Å². The van der Waals surface area contributed by atoms with Gasteiger partial charge in [-0.15, -0.1) is 0 Å². The first-order chi connectivity index (χ1) is 14.4. The highest BCUT2D eigenvalue weighted by Gasteiger charge is 2.32. The van der Waals surface area contributed by atoms with Gasteiger partial charge in [0.25, 0.3) is 0 Å². The average Bonchev–Trinajstić information content (AvgIpc) is 2.99. The molecule has 0 aliphatic carbocycles. The third kappa shape index (κ3) is 6.05. The van der Waals surface area contributed by atoms with Crippen molar-refractivity contribution < 1.29 is 14.4 Å². The topological polar surface area (TPSA) is 64.2 Å². The lowest BCUT2D eigenvalue weighted by atomic mass is 9.95. The van der Waals surface area contributed by atoms with Gasteiger partial charge in [0.2, 0.25) is 17.7 Å². The van der Waals surface area contributed by atoms with E-state index < -0.39 is 0 Å². The van der Waals surface area contributed by atoms with Crippen molar-refractivity contribution in [3.05, 3.63) is 35.9 Å². The summed E-state index contributed by atoms with van der Waals surface area (Å²) in [6.07, 6.45) is 2.97. The number of nitrogens with zero attached hydrogens (tertiary/aromatic N) is 4. The van der Waals surface area contributed by atoms with E-state index in [4.69, 9.17) is 0 Å². The Hall–Kier alpha value is -2.41. The molecule has 7 heteroatoms. The largest absolute Gasteiger partial charge is 0.348 e. The van der Waals surface area contributed by atoms with Gasteiger partial charge in [0.05, 0.1) is 18.9 Å². The summed E-state index contributed by atoms with van der Waals surface area (Å²) in [5.41, 5.74) is 1.01. The number of amides is 3. The SMILES string of the molecule is CN(C)C(=O)CN1CCCN(C(=O)C2CCCN(C(=O)Cc3ccccc3)C2)CC1. The Kier molecular flexibility index (Phi) is 7.85. The fourth-order valence-electron chi connectivity index (χ4n) is 4.23. The van der Waals surface area contributed by atoms with Gasteiger partial charge in [-0.3, -0.25) is 19.3 Å². The molecule has 1 aromatic carbocycles. The zero-order chi connectivity index (χ0) is 21.5. The number of likely N-dealkylation sites (tertiary alicyclic amines) is 1. The summed E-state index contributed by atoms with van der Waals surface area (Å²) < 4.78 is 0. The minimum atomic E-state index is -0.117. The van der Waals surface area contributed by atoms with E-state index in [1.165, 1.54) is 0 Å². The minimum Gasteiger partial charge on any atom is -0.348 e. The van der Waals surface area contributed by atoms with Crippen LogP contribution in [0.3, 0.4) is 0 Å². The van der Waals surface area contributed by atoms with Gasteiger partial charge in [0, 0.05) is 53.4 Å². The maximum absolute atomic E-state index is 13.2. The van der Waals surface area contributed by atoms with Gasteiger partial charge >= 0.3 is 0 Å². The normalized spacial score (nSPS) is 20.5.